The molecule has 0 aliphatic rings. The van der Waals surface area contributed by atoms with Crippen LogP contribution >= 0.6 is 11.6 Å². The molecule has 0 unspecified atom stereocenters. The molecule has 0 spiro atoms. The van der Waals surface area contributed by atoms with E-state index in [4.69, 9.17) is 22.0 Å². The zero-order valence-corrected chi connectivity index (χ0v) is 6.34. The predicted octanol–water partition coefficient (Wildman–Crippen LogP) is 1.10. The van der Waals surface area contributed by atoms with E-state index in [1.807, 2.05) is 6.07 Å². The third-order valence-corrected chi connectivity index (χ3v) is 1.57. The van der Waals surface area contributed by atoms with Crippen LogP contribution in [0, 0.1) is 11.3 Å². The number of pyridine rings is 1. The molecule has 0 aromatic carbocycles. The topological polar surface area (TPSA) is 56.9 Å². The summed E-state index contributed by atoms with van der Waals surface area (Å²) in [7, 11) is 0. The normalized spacial score (nSPS) is 9.18. The summed E-state index contributed by atoms with van der Waals surface area (Å²) >= 11 is 5.66. The molecule has 0 saturated heterocycles. The van der Waals surface area contributed by atoms with Crippen LogP contribution in [-0.2, 0) is 6.61 Å². The van der Waals surface area contributed by atoms with Gasteiger partial charge in [0.25, 0.3) is 0 Å². The number of hydrogen-bond acceptors (Lipinski definition) is 3. The smallest absolute Gasteiger partial charge is 0.141 e. The maximum atomic E-state index is 8.67. The molecule has 0 aliphatic carbocycles. The molecule has 3 nitrogen and oxygen atoms in total. The van der Waals surface area contributed by atoms with Gasteiger partial charge in [0, 0.05) is 11.8 Å². The number of nitriles is 1. The summed E-state index contributed by atoms with van der Waals surface area (Å²) in [4.78, 5) is 3.72. The first-order chi connectivity index (χ1) is 5.27. The summed E-state index contributed by atoms with van der Waals surface area (Å²) in [5.74, 6) is 0. The molecule has 1 N–H and O–H groups in total. The fourth-order valence-electron chi connectivity index (χ4n) is 0.637. The van der Waals surface area contributed by atoms with E-state index >= 15 is 0 Å². The van der Waals surface area contributed by atoms with Gasteiger partial charge >= 0.3 is 0 Å². The highest BCUT2D eigenvalue weighted by atomic mass is 35.5. The van der Waals surface area contributed by atoms with Crippen LogP contribution in [0.3, 0.4) is 0 Å². The maximum absolute atomic E-state index is 8.67. The van der Waals surface area contributed by atoms with Gasteiger partial charge in [0.15, 0.2) is 0 Å². The fraction of sp³-hybridized carbons (Fsp3) is 0.143. The average Bonchev–Trinajstić information content (AvgIpc) is 2.04. The number of aliphatic hydroxyl groups is 1. The molecular weight excluding hydrogens is 164 g/mol. The van der Waals surface area contributed by atoms with Gasteiger partial charge in [0.2, 0.25) is 0 Å². The van der Waals surface area contributed by atoms with Crippen molar-refractivity contribution in [3.63, 3.8) is 0 Å². The van der Waals surface area contributed by atoms with Gasteiger partial charge in [-0.3, -0.25) is 0 Å². The minimum atomic E-state index is -0.155. The zero-order valence-electron chi connectivity index (χ0n) is 5.58. The minimum Gasteiger partial charge on any atom is -0.392 e. The van der Waals surface area contributed by atoms with Gasteiger partial charge in [-0.2, -0.15) is 5.26 Å². The molecule has 0 fully saturated rings. The molecule has 4 heteroatoms. The van der Waals surface area contributed by atoms with Crippen LogP contribution in [0.25, 0.3) is 0 Å². The number of hydrogen-bond donors (Lipinski definition) is 1. The Morgan fingerprint density at radius 3 is 2.91 bits per heavy atom. The van der Waals surface area contributed by atoms with Crippen molar-refractivity contribution in [1.82, 2.24) is 4.98 Å². The van der Waals surface area contributed by atoms with Crippen LogP contribution in [-0.4, -0.2) is 10.1 Å². The number of rotatable bonds is 1. The second-order valence-electron chi connectivity index (χ2n) is 1.93. The molecule has 0 bridgehead atoms. The number of aliphatic hydroxyl groups excluding tert-OH is 1. The summed E-state index contributed by atoms with van der Waals surface area (Å²) in [5, 5.41) is 17.4. The Kier molecular flexibility index (Phi) is 2.42. The van der Waals surface area contributed by atoms with Gasteiger partial charge in [0.05, 0.1) is 11.6 Å². The third kappa shape index (κ3) is 1.67. The first-order valence-corrected chi connectivity index (χ1v) is 3.31. The first-order valence-electron chi connectivity index (χ1n) is 2.93. The van der Waals surface area contributed by atoms with E-state index in [0.29, 0.717) is 10.6 Å². The Labute approximate surface area is 68.9 Å². The van der Waals surface area contributed by atoms with Crippen molar-refractivity contribution in [2.45, 2.75) is 6.61 Å². The Bertz CT molecular complexity index is 306. The Morgan fingerprint density at radius 1 is 1.73 bits per heavy atom. The lowest BCUT2D eigenvalue weighted by Crippen LogP contribution is -1.89. The molecule has 0 saturated carbocycles. The molecule has 1 aromatic rings. The molecule has 0 radical (unpaired) electrons. The fourth-order valence-corrected chi connectivity index (χ4v) is 0.849. The molecular formula is C7H5ClN2O. The SMILES string of the molecule is N#Cc1cc(Cl)c(CO)cn1. The Hall–Kier alpha value is -1.11. The van der Waals surface area contributed by atoms with Crippen molar-refractivity contribution >= 4 is 11.6 Å². The summed E-state index contributed by atoms with van der Waals surface area (Å²) in [6.07, 6.45) is 1.39. The van der Waals surface area contributed by atoms with Gasteiger partial charge in [0.1, 0.15) is 11.8 Å². The van der Waals surface area contributed by atoms with Crippen LogP contribution in [0.2, 0.25) is 5.02 Å². The molecule has 0 aliphatic heterocycles. The molecule has 1 heterocycles. The number of halogens is 1. The second-order valence-corrected chi connectivity index (χ2v) is 2.34. The van der Waals surface area contributed by atoms with Crippen LogP contribution in [0.4, 0.5) is 0 Å². The molecule has 11 heavy (non-hydrogen) atoms. The summed E-state index contributed by atoms with van der Waals surface area (Å²) < 4.78 is 0. The molecule has 0 amide bonds. The summed E-state index contributed by atoms with van der Waals surface area (Å²) in [6, 6.07) is 3.27. The van der Waals surface area contributed by atoms with Crippen molar-refractivity contribution in [2.75, 3.05) is 0 Å². The van der Waals surface area contributed by atoms with Crippen LogP contribution in [0.5, 0.6) is 0 Å². The van der Waals surface area contributed by atoms with Gasteiger partial charge in [-0.25, -0.2) is 4.98 Å². The van der Waals surface area contributed by atoms with Crippen molar-refractivity contribution in [2.24, 2.45) is 0 Å². The monoisotopic (exact) mass is 168 g/mol. The Morgan fingerprint density at radius 2 is 2.45 bits per heavy atom. The van der Waals surface area contributed by atoms with Gasteiger partial charge in [-0.15, -0.1) is 0 Å². The van der Waals surface area contributed by atoms with E-state index in [1.165, 1.54) is 12.3 Å². The second kappa shape index (κ2) is 3.33. The van der Waals surface area contributed by atoms with E-state index in [2.05, 4.69) is 4.98 Å². The molecule has 1 aromatic heterocycles. The van der Waals surface area contributed by atoms with Gasteiger partial charge in [-0.1, -0.05) is 11.6 Å². The Balaban J connectivity index is 3.12. The molecule has 56 valence electrons. The van der Waals surface area contributed by atoms with Crippen LogP contribution in [0.1, 0.15) is 11.3 Å². The molecule has 1 rings (SSSR count). The maximum Gasteiger partial charge on any atom is 0.141 e. The number of aromatic nitrogens is 1. The van der Waals surface area contributed by atoms with Crippen molar-refractivity contribution < 1.29 is 5.11 Å². The van der Waals surface area contributed by atoms with Crippen molar-refractivity contribution in [1.29, 1.82) is 5.26 Å². The largest absolute Gasteiger partial charge is 0.392 e. The summed E-state index contributed by atoms with van der Waals surface area (Å²) in [6.45, 7) is -0.155. The highest BCUT2D eigenvalue weighted by molar-refractivity contribution is 6.31. The quantitative estimate of drug-likeness (QED) is 0.683. The minimum absolute atomic E-state index is 0.155. The zero-order chi connectivity index (χ0) is 8.27. The van der Waals surface area contributed by atoms with E-state index in [1.54, 1.807) is 0 Å². The van der Waals surface area contributed by atoms with Crippen LogP contribution in [0.15, 0.2) is 12.3 Å². The lowest BCUT2D eigenvalue weighted by atomic mass is 10.3. The lowest BCUT2D eigenvalue weighted by Gasteiger charge is -1.97. The lowest BCUT2D eigenvalue weighted by molar-refractivity contribution is 0.281. The standard InChI is InChI=1S/C7H5ClN2O/c8-7-1-6(2-9)10-3-5(7)4-11/h1,3,11H,4H2. The highest BCUT2D eigenvalue weighted by Gasteiger charge is 2.00. The third-order valence-electron chi connectivity index (χ3n) is 1.21. The van der Waals surface area contributed by atoms with Crippen molar-refractivity contribution in [3.8, 4) is 6.07 Å². The van der Waals surface area contributed by atoms with E-state index in [9.17, 15) is 0 Å². The highest BCUT2D eigenvalue weighted by Crippen LogP contribution is 2.14. The average molecular weight is 169 g/mol. The van der Waals surface area contributed by atoms with Crippen molar-refractivity contribution in [3.05, 3.63) is 28.5 Å². The van der Waals surface area contributed by atoms with E-state index < -0.39 is 0 Å². The first kappa shape index (κ1) is 7.99. The van der Waals surface area contributed by atoms with Crippen LogP contribution < -0.4 is 0 Å². The number of nitrogens with zero attached hydrogens (tertiary/aromatic N) is 2. The predicted molar refractivity (Wildman–Crippen MR) is 39.9 cm³/mol. The molecule has 0 atom stereocenters. The van der Waals surface area contributed by atoms with Gasteiger partial charge in [-0.05, 0) is 6.07 Å². The van der Waals surface area contributed by atoms with E-state index in [0.717, 1.165) is 0 Å². The van der Waals surface area contributed by atoms with E-state index in [-0.39, 0.29) is 12.3 Å². The van der Waals surface area contributed by atoms with Gasteiger partial charge < -0.3 is 5.11 Å². The summed E-state index contributed by atoms with van der Waals surface area (Å²) in [5.41, 5.74) is 0.790.